The van der Waals surface area contributed by atoms with Crippen LogP contribution in [0.1, 0.15) is 11.1 Å². The van der Waals surface area contributed by atoms with Crippen molar-refractivity contribution in [2.75, 3.05) is 20.0 Å². The van der Waals surface area contributed by atoms with E-state index in [1.807, 2.05) is 60.7 Å². The number of methoxy groups -OCH3 is 2. The highest BCUT2D eigenvalue weighted by Gasteiger charge is 2.13. The molecule has 1 amide bonds. The number of carbonyl (C=O) groups excluding carboxylic acids is 1. The fourth-order valence-electron chi connectivity index (χ4n) is 3.44. The lowest BCUT2D eigenvalue weighted by atomic mass is 10.2. The number of thioether (sulfide) groups is 1. The molecular formula is C25H23ClN4O3S. The van der Waals surface area contributed by atoms with E-state index >= 15 is 0 Å². The smallest absolute Gasteiger partial charge is 0.250 e. The van der Waals surface area contributed by atoms with Crippen LogP contribution in [-0.2, 0) is 11.3 Å². The fourth-order valence-corrected chi connectivity index (χ4v) is 4.37. The predicted octanol–water partition coefficient (Wildman–Crippen LogP) is 5.00. The van der Waals surface area contributed by atoms with Gasteiger partial charge in [-0.1, -0.05) is 53.7 Å². The maximum Gasteiger partial charge on any atom is 0.250 e. The number of halogens is 1. The van der Waals surface area contributed by atoms with E-state index in [4.69, 9.17) is 26.1 Å². The van der Waals surface area contributed by atoms with E-state index in [0.717, 1.165) is 21.8 Å². The molecule has 0 radical (unpaired) electrons. The SMILES string of the molecule is COc1cccc(C=NNC(=O)CSc2nc3ccccc3n2Cc2ccc(Cl)cc2)c1OC. The minimum Gasteiger partial charge on any atom is -0.493 e. The standard InChI is InChI=1S/C25H23ClN4O3S/c1-32-22-9-5-6-18(24(22)33-2)14-27-29-23(31)16-34-25-28-20-7-3-4-8-21(20)30(25)15-17-10-12-19(26)13-11-17/h3-14H,15-16H2,1-2H3,(H,29,31). The summed E-state index contributed by atoms with van der Waals surface area (Å²) in [4.78, 5) is 17.2. The van der Waals surface area contributed by atoms with E-state index in [1.165, 1.54) is 18.0 Å². The number of nitrogens with one attached hydrogen (secondary N) is 1. The van der Waals surface area contributed by atoms with Crippen LogP contribution in [0.2, 0.25) is 5.02 Å². The van der Waals surface area contributed by atoms with Crippen LogP contribution >= 0.6 is 23.4 Å². The number of carbonyl (C=O) groups is 1. The Bertz CT molecular complexity index is 1320. The number of benzene rings is 3. The number of ether oxygens (including phenoxy) is 2. The average molecular weight is 495 g/mol. The third-order valence-electron chi connectivity index (χ3n) is 5.03. The lowest BCUT2D eigenvalue weighted by Gasteiger charge is -2.10. The molecule has 0 saturated heterocycles. The van der Waals surface area contributed by atoms with Crippen LogP contribution in [0.15, 0.2) is 77.0 Å². The largest absolute Gasteiger partial charge is 0.493 e. The summed E-state index contributed by atoms with van der Waals surface area (Å²) in [5.74, 6) is 1.06. The molecule has 4 rings (SSSR count). The Morgan fingerprint density at radius 1 is 1.09 bits per heavy atom. The average Bonchev–Trinajstić information content (AvgIpc) is 3.21. The van der Waals surface area contributed by atoms with Gasteiger partial charge in [-0.25, -0.2) is 10.4 Å². The van der Waals surface area contributed by atoms with Crippen molar-refractivity contribution in [3.05, 3.63) is 82.9 Å². The molecule has 0 saturated carbocycles. The van der Waals surface area contributed by atoms with Crippen LogP contribution in [0.4, 0.5) is 0 Å². The highest BCUT2D eigenvalue weighted by molar-refractivity contribution is 7.99. The van der Waals surface area contributed by atoms with Crippen LogP contribution in [-0.4, -0.2) is 41.6 Å². The second kappa shape index (κ2) is 11.1. The van der Waals surface area contributed by atoms with Gasteiger partial charge in [0.15, 0.2) is 16.7 Å². The third kappa shape index (κ3) is 5.52. The number of aromatic nitrogens is 2. The molecule has 174 valence electrons. The van der Waals surface area contributed by atoms with E-state index in [9.17, 15) is 4.79 Å². The number of amides is 1. The zero-order chi connectivity index (χ0) is 23.9. The van der Waals surface area contributed by atoms with Gasteiger partial charge >= 0.3 is 0 Å². The molecule has 1 N–H and O–H groups in total. The minimum atomic E-state index is -0.242. The summed E-state index contributed by atoms with van der Waals surface area (Å²) in [6, 6.07) is 21.1. The summed E-state index contributed by atoms with van der Waals surface area (Å²) in [7, 11) is 3.12. The Morgan fingerprint density at radius 2 is 1.88 bits per heavy atom. The molecule has 0 spiro atoms. The first-order chi connectivity index (χ1) is 16.6. The summed E-state index contributed by atoms with van der Waals surface area (Å²) in [5.41, 5.74) is 6.23. The van der Waals surface area contributed by atoms with Crippen LogP contribution in [0.5, 0.6) is 11.5 Å². The predicted molar refractivity (Wildman–Crippen MR) is 136 cm³/mol. The minimum absolute atomic E-state index is 0.163. The van der Waals surface area contributed by atoms with E-state index in [-0.39, 0.29) is 11.7 Å². The maximum absolute atomic E-state index is 12.5. The second-order valence-corrected chi connectivity index (χ2v) is 8.64. The molecular weight excluding hydrogens is 472 g/mol. The summed E-state index contributed by atoms with van der Waals surface area (Å²) in [5, 5.41) is 5.51. The number of fused-ring (bicyclic) bond motifs is 1. The van der Waals surface area contributed by atoms with Crippen LogP contribution < -0.4 is 14.9 Å². The monoisotopic (exact) mass is 494 g/mol. The molecule has 0 unspecified atom stereocenters. The van der Waals surface area contributed by atoms with Crippen molar-refractivity contribution in [2.24, 2.45) is 5.10 Å². The van der Waals surface area contributed by atoms with Gasteiger partial charge in [0, 0.05) is 10.6 Å². The molecule has 4 aromatic rings. The Kier molecular flexibility index (Phi) is 7.72. The molecule has 1 aromatic heterocycles. The maximum atomic E-state index is 12.5. The van der Waals surface area contributed by atoms with Gasteiger partial charge in [-0.2, -0.15) is 5.10 Å². The van der Waals surface area contributed by atoms with E-state index in [0.29, 0.717) is 28.6 Å². The van der Waals surface area contributed by atoms with Gasteiger partial charge in [0.1, 0.15) is 0 Å². The first-order valence-electron chi connectivity index (χ1n) is 10.4. The lowest BCUT2D eigenvalue weighted by Crippen LogP contribution is -2.20. The number of hydrogen-bond acceptors (Lipinski definition) is 6. The van der Waals surface area contributed by atoms with Gasteiger partial charge in [-0.15, -0.1) is 0 Å². The quantitative estimate of drug-likeness (QED) is 0.201. The first-order valence-corrected chi connectivity index (χ1v) is 11.8. The Hall–Kier alpha value is -3.49. The number of nitrogens with zero attached hydrogens (tertiary/aromatic N) is 3. The molecule has 0 bridgehead atoms. The summed E-state index contributed by atoms with van der Waals surface area (Å²) in [6.45, 7) is 0.620. The molecule has 0 atom stereocenters. The molecule has 34 heavy (non-hydrogen) atoms. The fraction of sp³-hybridized carbons (Fsp3) is 0.160. The Morgan fingerprint density at radius 3 is 2.65 bits per heavy atom. The molecule has 0 fully saturated rings. The van der Waals surface area contributed by atoms with Gasteiger partial charge in [0.25, 0.3) is 5.91 Å². The Balaban J connectivity index is 1.45. The van der Waals surface area contributed by atoms with Crippen molar-refractivity contribution in [1.29, 1.82) is 0 Å². The van der Waals surface area contributed by atoms with Crippen LogP contribution in [0.25, 0.3) is 11.0 Å². The van der Waals surface area contributed by atoms with Crippen molar-refractivity contribution >= 4 is 46.5 Å². The third-order valence-corrected chi connectivity index (χ3v) is 6.26. The highest BCUT2D eigenvalue weighted by Crippen LogP contribution is 2.29. The molecule has 1 heterocycles. The van der Waals surface area contributed by atoms with E-state index < -0.39 is 0 Å². The number of para-hydroxylation sites is 3. The topological polar surface area (TPSA) is 77.7 Å². The van der Waals surface area contributed by atoms with Crippen molar-refractivity contribution in [3.63, 3.8) is 0 Å². The molecule has 0 aliphatic rings. The molecule has 3 aromatic carbocycles. The second-order valence-electron chi connectivity index (χ2n) is 7.26. The van der Waals surface area contributed by atoms with Crippen molar-refractivity contribution in [3.8, 4) is 11.5 Å². The van der Waals surface area contributed by atoms with Crippen molar-refractivity contribution in [1.82, 2.24) is 15.0 Å². The van der Waals surface area contributed by atoms with Gasteiger partial charge in [0.2, 0.25) is 0 Å². The number of rotatable bonds is 9. The van der Waals surface area contributed by atoms with E-state index in [1.54, 1.807) is 20.3 Å². The molecule has 0 aliphatic carbocycles. The number of hydrogen-bond donors (Lipinski definition) is 1. The van der Waals surface area contributed by atoms with Gasteiger partial charge < -0.3 is 14.0 Å². The molecule has 0 aliphatic heterocycles. The van der Waals surface area contributed by atoms with Crippen molar-refractivity contribution in [2.45, 2.75) is 11.7 Å². The van der Waals surface area contributed by atoms with Crippen molar-refractivity contribution < 1.29 is 14.3 Å². The number of imidazole rings is 1. The van der Waals surface area contributed by atoms with Crippen LogP contribution in [0, 0.1) is 0 Å². The summed E-state index contributed by atoms with van der Waals surface area (Å²) >= 11 is 7.38. The Labute approximate surface area is 206 Å². The lowest BCUT2D eigenvalue weighted by molar-refractivity contribution is -0.118. The van der Waals surface area contributed by atoms with Crippen LogP contribution in [0.3, 0.4) is 0 Å². The zero-order valence-electron chi connectivity index (χ0n) is 18.7. The van der Waals surface area contributed by atoms with E-state index in [2.05, 4.69) is 15.1 Å². The molecule has 9 heteroatoms. The summed E-state index contributed by atoms with van der Waals surface area (Å²) in [6.07, 6.45) is 1.53. The normalized spacial score (nSPS) is 11.1. The number of hydrazone groups is 1. The highest BCUT2D eigenvalue weighted by atomic mass is 35.5. The first kappa shape index (κ1) is 23.7. The molecule has 7 nitrogen and oxygen atoms in total. The zero-order valence-corrected chi connectivity index (χ0v) is 20.3. The van der Waals surface area contributed by atoms with Gasteiger partial charge in [-0.05, 0) is 42.0 Å². The van der Waals surface area contributed by atoms with Gasteiger partial charge in [0.05, 0.1) is 43.8 Å². The van der Waals surface area contributed by atoms with Gasteiger partial charge in [-0.3, -0.25) is 4.79 Å². The summed E-state index contributed by atoms with van der Waals surface area (Å²) < 4.78 is 12.8.